The fourth-order valence-electron chi connectivity index (χ4n) is 3.56. The number of likely N-dealkylation sites (tertiary alicyclic amines) is 1. The molecule has 0 radical (unpaired) electrons. The highest BCUT2D eigenvalue weighted by molar-refractivity contribution is 5.80. The molecule has 1 aromatic rings. The molecule has 23 heavy (non-hydrogen) atoms. The van der Waals surface area contributed by atoms with Gasteiger partial charge < -0.3 is 20.1 Å². The van der Waals surface area contributed by atoms with E-state index < -0.39 is 0 Å². The molecule has 2 aliphatic rings. The molecule has 7 heteroatoms. The molecule has 1 aliphatic heterocycles. The Morgan fingerprint density at radius 3 is 2.78 bits per heavy atom. The Hall–Kier alpha value is -1.60. The first-order chi connectivity index (χ1) is 11.1. The van der Waals surface area contributed by atoms with Gasteiger partial charge in [-0.3, -0.25) is 9.48 Å². The minimum atomic E-state index is 0.0901. The highest BCUT2D eigenvalue weighted by Crippen LogP contribution is 2.34. The van der Waals surface area contributed by atoms with E-state index in [1.165, 1.54) is 0 Å². The van der Waals surface area contributed by atoms with Crippen molar-refractivity contribution in [1.29, 1.82) is 0 Å². The van der Waals surface area contributed by atoms with Gasteiger partial charge in [0.25, 0.3) is 0 Å². The molecule has 2 fully saturated rings. The number of nitrogens with zero attached hydrogens (tertiary/aromatic N) is 3. The van der Waals surface area contributed by atoms with Gasteiger partial charge in [0.2, 0.25) is 5.91 Å². The molecule has 3 rings (SSSR count). The molecule has 0 aromatic carbocycles. The lowest BCUT2D eigenvalue weighted by Gasteiger charge is -2.37. The second-order valence-electron chi connectivity index (χ2n) is 6.45. The Labute approximate surface area is 136 Å². The average Bonchev–Trinajstić information content (AvgIpc) is 3.08. The van der Waals surface area contributed by atoms with Gasteiger partial charge in [0, 0.05) is 32.4 Å². The largest absolute Gasteiger partial charge is 0.382 e. The molecule has 2 heterocycles. The number of carbonyl (C=O) groups is 1. The van der Waals surface area contributed by atoms with Crippen LogP contribution in [0.5, 0.6) is 0 Å². The summed E-state index contributed by atoms with van der Waals surface area (Å²) in [5.41, 5.74) is 5.67. The van der Waals surface area contributed by atoms with E-state index in [0.29, 0.717) is 25.5 Å². The zero-order valence-electron chi connectivity index (χ0n) is 13.9. The van der Waals surface area contributed by atoms with Gasteiger partial charge in [0.05, 0.1) is 24.8 Å². The Morgan fingerprint density at radius 1 is 1.39 bits per heavy atom. The number of carbonyl (C=O) groups excluding carboxylic acids is 1. The number of methoxy groups -OCH3 is 1. The van der Waals surface area contributed by atoms with E-state index in [2.05, 4.69) is 5.10 Å². The lowest BCUT2D eigenvalue weighted by atomic mass is 9.81. The third-order valence-corrected chi connectivity index (χ3v) is 4.90. The minimum absolute atomic E-state index is 0.0901. The maximum absolute atomic E-state index is 12.8. The predicted octanol–water partition coefficient (Wildman–Crippen LogP) is 0.896. The van der Waals surface area contributed by atoms with Gasteiger partial charge >= 0.3 is 0 Å². The third-order valence-electron chi connectivity index (χ3n) is 4.90. The van der Waals surface area contributed by atoms with Crippen molar-refractivity contribution in [3.63, 3.8) is 0 Å². The first-order valence-electron chi connectivity index (χ1n) is 8.34. The maximum atomic E-state index is 12.8. The van der Waals surface area contributed by atoms with Crippen LogP contribution in [0.3, 0.4) is 0 Å². The van der Waals surface area contributed by atoms with E-state index in [9.17, 15) is 4.79 Å². The third kappa shape index (κ3) is 3.50. The standard InChI is InChI=1S/C16H26N4O3/c1-3-23-13-6-11(7-13)16(21)20-10-14(22-2)8-12(20)9-19-5-4-15(17)18-19/h4-5,11-14H,3,6-10H2,1-2H3,(H2,17,18)/t11?,12-,13?,14-/m0/s1. The monoisotopic (exact) mass is 322 g/mol. The lowest BCUT2D eigenvalue weighted by molar-refractivity contribution is -0.146. The zero-order valence-corrected chi connectivity index (χ0v) is 13.9. The number of ether oxygens (including phenoxy) is 2. The van der Waals surface area contributed by atoms with E-state index >= 15 is 0 Å². The number of anilines is 1. The van der Waals surface area contributed by atoms with Crippen molar-refractivity contribution in [2.75, 3.05) is 26.0 Å². The van der Waals surface area contributed by atoms with Gasteiger partial charge in [-0.05, 0) is 32.3 Å². The fourth-order valence-corrected chi connectivity index (χ4v) is 3.56. The summed E-state index contributed by atoms with van der Waals surface area (Å²) >= 11 is 0. The maximum Gasteiger partial charge on any atom is 0.226 e. The Balaban J connectivity index is 1.62. The average molecular weight is 322 g/mol. The summed E-state index contributed by atoms with van der Waals surface area (Å²) in [5.74, 6) is 0.820. The molecule has 1 aromatic heterocycles. The number of aromatic nitrogens is 2. The van der Waals surface area contributed by atoms with Crippen molar-refractivity contribution in [1.82, 2.24) is 14.7 Å². The summed E-state index contributed by atoms with van der Waals surface area (Å²) in [5, 5.41) is 4.23. The molecule has 1 aliphatic carbocycles. The molecule has 2 atom stereocenters. The van der Waals surface area contributed by atoms with Crippen molar-refractivity contribution < 1.29 is 14.3 Å². The van der Waals surface area contributed by atoms with Crippen molar-refractivity contribution in [2.24, 2.45) is 5.92 Å². The summed E-state index contributed by atoms with van der Waals surface area (Å²) in [6.45, 7) is 4.02. The molecule has 0 bridgehead atoms. The van der Waals surface area contributed by atoms with E-state index in [1.807, 2.05) is 22.7 Å². The second-order valence-corrected chi connectivity index (χ2v) is 6.45. The molecular weight excluding hydrogens is 296 g/mol. The van der Waals surface area contributed by atoms with Crippen LogP contribution in [0.25, 0.3) is 0 Å². The van der Waals surface area contributed by atoms with E-state index in [0.717, 1.165) is 19.3 Å². The van der Waals surface area contributed by atoms with Crippen LogP contribution in [0.4, 0.5) is 5.82 Å². The number of amides is 1. The van der Waals surface area contributed by atoms with Crippen LogP contribution in [0.15, 0.2) is 12.3 Å². The van der Waals surface area contributed by atoms with E-state index in [1.54, 1.807) is 13.2 Å². The lowest BCUT2D eigenvalue weighted by Crippen LogP contribution is -2.47. The number of nitrogen functional groups attached to an aromatic ring is 1. The first kappa shape index (κ1) is 16.3. The van der Waals surface area contributed by atoms with Crippen LogP contribution in [0.1, 0.15) is 26.2 Å². The van der Waals surface area contributed by atoms with Gasteiger partial charge in [-0.1, -0.05) is 0 Å². The quantitative estimate of drug-likeness (QED) is 0.841. The molecular formula is C16H26N4O3. The van der Waals surface area contributed by atoms with Crippen molar-refractivity contribution >= 4 is 11.7 Å². The van der Waals surface area contributed by atoms with Gasteiger partial charge in [-0.25, -0.2) is 0 Å². The Bertz CT molecular complexity index is 541. The Morgan fingerprint density at radius 2 is 2.17 bits per heavy atom. The second kappa shape index (κ2) is 6.88. The van der Waals surface area contributed by atoms with Crippen LogP contribution >= 0.6 is 0 Å². The molecule has 1 saturated carbocycles. The fraction of sp³-hybridized carbons (Fsp3) is 0.750. The van der Waals surface area contributed by atoms with Crippen LogP contribution in [-0.4, -0.2) is 59.1 Å². The number of hydrogen-bond acceptors (Lipinski definition) is 5. The molecule has 2 N–H and O–H groups in total. The van der Waals surface area contributed by atoms with Crippen molar-refractivity contribution in [3.8, 4) is 0 Å². The van der Waals surface area contributed by atoms with Crippen LogP contribution in [0, 0.1) is 5.92 Å². The smallest absolute Gasteiger partial charge is 0.226 e. The summed E-state index contributed by atoms with van der Waals surface area (Å²) in [4.78, 5) is 14.8. The summed E-state index contributed by atoms with van der Waals surface area (Å²) in [7, 11) is 1.70. The Kier molecular flexibility index (Phi) is 4.87. The first-order valence-corrected chi connectivity index (χ1v) is 8.34. The SMILES string of the molecule is CCOC1CC(C(=O)N2C[C@@H](OC)C[C@H]2Cn2ccc(N)n2)C1. The van der Waals surface area contributed by atoms with Gasteiger partial charge in [-0.2, -0.15) is 5.10 Å². The van der Waals surface area contributed by atoms with Gasteiger partial charge in [0.15, 0.2) is 0 Å². The van der Waals surface area contributed by atoms with E-state index in [-0.39, 0.29) is 30.1 Å². The highest BCUT2D eigenvalue weighted by Gasteiger charge is 2.43. The number of nitrogens with two attached hydrogens (primary N) is 1. The summed E-state index contributed by atoms with van der Waals surface area (Å²) in [6.07, 6.45) is 4.71. The molecule has 1 saturated heterocycles. The summed E-state index contributed by atoms with van der Waals surface area (Å²) < 4.78 is 12.9. The zero-order chi connectivity index (χ0) is 16.4. The van der Waals surface area contributed by atoms with Gasteiger partial charge in [-0.15, -0.1) is 0 Å². The highest BCUT2D eigenvalue weighted by atomic mass is 16.5. The van der Waals surface area contributed by atoms with Crippen LogP contribution in [0.2, 0.25) is 0 Å². The summed E-state index contributed by atoms with van der Waals surface area (Å²) in [6, 6.07) is 1.88. The van der Waals surface area contributed by atoms with Gasteiger partial charge in [0.1, 0.15) is 5.82 Å². The molecule has 7 nitrogen and oxygen atoms in total. The van der Waals surface area contributed by atoms with Crippen molar-refractivity contribution in [2.45, 2.75) is 51.0 Å². The van der Waals surface area contributed by atoms with E-state index in [4.69, 9.17) is 15.2 Å². The molecule has 0 unspecified atom stereocenters. The van der Waals surface area contributed by atoms with Crippen LogP contribution < -0.4 is 5.73 Å². The number of rotatable bonds is 6. The van der Waals surface area contributed by atoms with Crippen molar-refractivity contribution in [3.05, 3.63) is 12.3 Å². The molecule has 128 valence electrons. The normalized spacial score (nSPS) is 30.4. The number of hydrogen-bond donors (Lipinski definition) is 1. The minimum Gasteiger partial charge on any atom is -0.382 e. The van der Waals surface area contributed by atoms with Crippen LogP contribution in [-0.2, 0) is 20.8 Å². The molecule has 0 spiro atoms. The molecule has 1 amide bonds. The topological polar surface area (TPSA) is 82.6 Å². The predicted molar refractivity (Wildman–Crippen MR) is 85.7 cm³/mol.